The van der Waals surface area contributed by atoms with Gasteiger partial charge in [-0.15, -0.1) is 0 Å². The van der Waals surface area contributed by atoms with Crippen molar-refractivity contribution < 1.29 is 18.4 Å². The molecule has 3 saturated heterocycles. The van der Waals surface area contributed by atoms with Gasteiger partial charge in [0.1, 0.15) is 6.61 Å². The lowest BCUT2D eigenvalue weighted by Crippen LogP contribution is -2.49. The van der Waals surface area contributed by atoms with Crippen LogP contribution in [0.3, 0.4) is 0 Å². The third kappa shape index (κ3) is 0.548. The van der Waals surface area contributed by atoms with Crippen molar-refractivity contribution in [2.45, 2.75) is 5.79 Å². The van der Waals surface area contributed by atoms with Gasteiger partial charge < -0.3 is 10.3 Å². The molecule has 0 saturated carbocycles. The molecule has 2 N–H and O–H groups in total. The van der Waals surface area contributed by atoms with Crippen LogP contribution in [-0.2, 0) is 18.4 Å². The summed E-state index contributed by atoms with van der Waals surface area (Å²) in [4.78, 5) is 10.5. The molecule has 0 spiro atoms. The first kappa shape index (κ1) is 5.56. The van der Waals surface area contributed by atoms with E-state index < -0.39 is 20.3 Å². The summed E-state index contributed by atoms with van der Waals surface area (Å²) in [6, 6.07) is 0. The Morgan fingerprint density at radius 2 is 2.33 bits per heavy atom. The number of hydrogen-bond donors (Lipinski definition) is 1. The Morgan fingerprint density at radius 1 is 1.67 bits per heavy atom. The lowest BCUT2D eigenvalue weighted by molar-refractivity contribution is -0.176. The van der Waals surface area contributed by atoms with Crippen molar-refractivity contribution in [2.24, 2.45) is 5.73 Å². The monoisotopic (exact) mass is 149 g/mol. The van der Waals surface area contributed by atoms with Gasteiger partial charge in [0, 0.05) is 0 Å². The molecule has 50 valence electrons. The summed E-state index contributed by atoms with van der Waals surface area (Å²) in [7, 11) is -1.20. The molecule has 3 aliphatic heterocycles. The molecule has 3 aliphatic rings. The zero-order valence-electron chi connectivity index (χ0n) is 4.36. The minimum atomic E-state index is -1.22. The first-order valence-corrected chi connectivity index (χ1v) is 3.44. The average molecular weight is 149 g/mol. The largest absolute Gasteiger partial charge is 0.365 e. The van der Waals surface area contributed by atoms with Gasteiger partial charge in [0.2, 0.25) is 0 Å². The molecular formula is C3H4NO4P. The average Bonchev–Trinajstić information content (AvgIpc) is 2.13. The highest BCUT2D eigenvalue weighted by Gasteiger charge is 2.62. The van der Waals surface area contributed by atoms with Crippen LogP contribution in [0.15, 0.2) is 0 Å². The van der Waals surface area contributed by atoms with Crippen LogP contribution in [0, 0.1) is 0 Å². The highest BCUT2D eigenvalue weighted by molar-refractivity contribution is 7.43. The molecule has 2 bridgehead atoms. The van der Waals surface area contributed by atoms with Crippen molar-refractivity contribution in [2.75, 3.05) is 6.61 Å². The number of fused-ring (bicyclic) bond motifs is 1. The molecule has 6 heteroatoms. The normalized spacial score (nSPS) is 46.4. The number of rotatable bonds is 1. The fourth-order valence-corrected chi connectivity index (χ4v) is 1.81. The molecule has 0 atom stereocenters. The van der Waals surface area contributed by atoms with Crippen LogP contribution in [0.2, 0.25) is 0 Å². The second kappa shape index (κ2) is 1.44. The Bertz CT molecular complexity index is 160. The van der Waals surface area contributed by atoms with Gasteiger partial charge in [-0.1, -0.05) is 0 Å². The van der Waals surface area contributed by atoms with Gasteiger partial charge in [0.15, 0.2) is 0 Å². The fraction of sp³-hybridized carbons (Fsp3) is 0.667. The van der Waals surface area contributed by atoms with E-state index in [2.05, 4.69) is 0 Å². The predicted octanol–water partition coefficient (Wildman–Crippen LogP) is -0.528. The Labute approximate surface area is 52.1 Å². The number of carbonyl (C=O) groups excluding carboxylic acids is 1. The molecule has 0 radical (unpaired) electrons. The van der Waals surface area contributed by atoms with E-state index in [-0.39, 0.29) is 6.61 Å². The molecule has 9 heavy (non-hydrogen) atoms. The zero-order chi connectivity index (χ0) is 6.48. The molecule has 0 aromatic heterocycles. The molecule has 5 nitrogen and oxygen atoms in total. The van der Waals surface area contributed by atoms with Crippen LogP contribution < -0.4 is 5.73 Å². The van der Waals surface area contributed by atoms with Gasteiger partial charge in [-0.2, -0.15) is 0 Å². The van der Waals surface area contributed by atoms with E-state index in [1.807, 2.05) is 0 Å². The highest BCUT2D eigenvalue weighted by Crippen LogP contribution is 2.64. The second-order valence-electron chi connectivity index (χ2n) is 1.80. The number of carbonyl (C=O) groups is 1. The van der Waals surface area contributed by atoms with E-state index in [9.17, 15) is 4.79 Å². The molecule has 3 fully saturated rings. The standard InChI is InChI=1S/C3H4NO4P/c4-2(5)3-1-6-9(7-3)8-3/h1H2,(H2,4,5). The molecule has 0 aromatic carbocycles. The van der Waals surface area contributed by atoms with Crippen LogP contribution in [0.5, 0.6) is 0 Å². The summed E-state index contributed by atoms with van der Waals surface area (Å²) in [6.07, 6.45) is 0. The zero-order valence-corrected chi connectivity index (χ0v) is 5.26. The van der Waals surface area contributed by atoms with Crippen molar-refractivity contribution in [1.82, 2.24) is 0 Å². The van der Waals surface area contributed by atoms with E-state index in [4.69, 9.17) is 19.3 Å². The summed E-state index contributed by atoms with van der Waals surface area (Å²) >= 11 is 0. The summed E-state index contributed by atoms with van der Waals surface area (Å²) in [6.45, 7) is 0.147. The quantitative estimate of drug-likeness (QED) is 0.509. The van der Waals surface area contributed by atoms with Crippen LogP contribution in [0.4, 0.5) is 0 Å². The van der Waals surface area contributed by atoms with Crippen LogP contribution >= 0.6 is 8.60 Å². The summed E-state index contributed by atoms with van der Waals surface area (Å²) in [5.41, 5.74) is 4.91. The summed E-state index contributed by atoms with van der Waals surface area (Å²) in [5.74, 6) is -1.83. The molecule has 3 heterocycles. The second-order valence-corrected chi connectivity index (χ2v) is 2.87. The van der Waals surface area contributed by atoms with E-state index in [0.717, 1.165) is 0 Å². The summed E-state index contributed by atoms with van der Waals surface area (Å²) < 4.78 is 14.5. The van der Waals surface area contributed by atoms with Gasteiger partial charge in [-0.05, 0) is 0 Å². The first-order chi connectivity index (χ1) is 4.23. The van der Waals surface area contributed by atoms with Crippen LogP contribution in [0.1, 0.15) is 0 Å². The predicted molar refractivity (Wildman–Crippen MR) is 27.0 cm³/mol. The van der Waals surface area contributed by atoms with E-state index in [1.54, 1.807) is 0 Å². The number of amides is 1. The molecule has 1 amide bonds. The molecule has 3 rings (SSSR count). The molecule has 0 aromatic rings. The molecular weight excluding hydrogens is 145 g/mol. The lowest BCUT2D eigenvalue weighted by Gasteiger charge is -2.29. The van der Waals surface area contributed by atoms with Crippen LogP contribution in [0.25, 0.3) is 0 Å². The third-order valence-electron chi connectivity index (χ3n) is 1.18. The minimum Gasteiger partial charge on any atom is -0.365 e. The smallest absolute Gasteiger partial charge is 0.339 e. The Hall–Kier alpha value is -0.220. The topological polar surface area (TPSA) is 70.8 Å². The van der Waals surface area contributed by atoms with E-state index in [0.29, 0.717) is 0 Å². The number of hydrogen-bond acceptors (Lipinski definition) is 4. The van der Waals surface area contributed by atoms with E-state index in [1.165, 1.54) is 0 Å². The Morgan fingerprint density at radius 3 is 2.56 bits per heavy atom. The minimum absolute atomic E-state index is 0.147. The van der Waals surface area contributed by atoms with Crippen LogP contribution in [-0.4, -0.2) is 18.3 Å². The van der Waals surface area contributed by atoms with Gasteiger partial charge in [-0.25, -0.2) is 0 Å². The van der Waals surface area contributed by atoms with Crippen molar-refractivity contribution in [3.05, 3.63) is 0 Å². The molecule has 0 aliphatic carbocycles. The maximum Gasteiger partial charge on any atom is 0.339 e. The fourth-order valence-electron chi connectivity index (χ4n) is 0.652. The van der Waals surface area contributed by atoms with Gasteiger partial charge >= 0.3 is 8.60 Å². The van der Waals surface area contributed by atoms with Gasteiger partial charge in [-0.3, -0.25) is 13.8 Å². The van der Waals surface area contributed by atoms with Crippen molar-refractivity contribution in [1.29, 1.82) is 0 Å². The van der Waals surface area contributed by atoms with Gasteiger partial charge in [0.25, 0.3) is 11.7 Å². The van der Waals surface area contributed by atoms with Crippen molar-refractivity contribution in [3.8, 4) is 0 Å². The summed E-state index contributed by atoms with van der Waals surface area (Å²) in [5, 5.41) is 0. The maximum absolute atomic E-state index is 10.5. The molecule has 0 unspecified atom stereocenters. The Kier molecular flexibility index (Phi) is 0.887. The SMILES string of the molecule is NC(=O)C12COP(O1)O2. The van der Waals surface area contributed by atoms with Crippen molar-refractivity contribution >= 4 is 14.5 Å². The highest BCUT2D eigenvalue weighted by atomic mass is 31.2. The number of nitrogens with two attached hydrogens (primary N) is 1. The maximum atomic E-state index is 10.5. The van der Waals surface area contributed by atoms with Gasteiger partial charge in [0.05, 0.1) is 0 Å². The number of primary amides is 1. The van der Waals surface area contributed by atoms with E-state index >= 15 is 0 Å². The van der Waals surface area contributed by atoms with Crippen molar-refractivity contribution in [3.63, 3.8) is 0 Å². The lowest BCUT2D eigenvalue weighted by atomic mass is 10.3. The third-order valence-corrected chi connectivity index (χ3v) is 2.41. The first-order valence-electron chi connectivity index (χ1n) is 2.34. The Balaban J connectivity index is 2.19.